The molecule has 2 rings (SSSR count). The number of carbonyl (C=O) groups excluding carboxylic acids is 1. The van der Waals surface area contributed by atoms with Crippen LogP contribution in [0, 0.1) is 24.6 Å². The number of amides is 1. The van der Waals surface area contributed by atoms with Gasteiger partial charge in [0.05, 0.1) is 12.1 Å². The molecule has 0 aliphatic carbocycles. The third kappa shape index (κ3) is 4.12. The van der Waals surface area contributed by atoms with Gasteiger partial charge in [0.15, 0.2) is 0 Å². The summed E-state index contributed by atoms with van der Waals surface area (Å²) >= 11 is 1.48. The Morgan fingerprint density at radius 2 is 2.33 bits per heavy atom. The fourth-order valence-electron chi connectivity index (χ4n) is 1.65. The molecule has 0 bridgehead atoms. The molecular formula is C15H13FN2O2S. The average Bonchev–Trinajstić information content (AvgIpc) is 2.88. The van der Waals surface area contributed by atoms with Gasteiger partial charge in [-0.1, -0.05) is 11.8 Å². The second kappa shape index (κ2) is 6.97. The Hall–Kier alpha value is -2.23. The number of aryl methyl sites for hydroxylation is 1. The van der Waals surface area contributed by atoms with Crippen LogP contribution >= 0.6 is 11.3 Å². The molecule has 0 fully saturated rings. The minimum atomic E-state index is -0.646. The molecule has 0 aliphatic heterocycles. The van der Waals surface area contributed by atoms with Crippen molar-refractivity contribution in [2.24, 2.45) is 0 Å². The smallest absolute Gasteiger partial charge is 0.254 e. The molecule has 0 spiro atoms. The van der Waals surface area contributed by atoms with Crippen LogP contribution in [-0.2, 0) is 6.54 Å². The maximum Gasteiger partial charge on any atom is 0.254 e. The number of hydrogen-bond donors (Lipinski definition) is 2. The first-order valence-electron chi connectivity index (χ1n) is 6.19. The summed E-state index contributed by atoms with van der Waals surface area (Å²) in [6.07, 6.45) is 1.72. The number of halogens is 1. The van der Waals surface area contributed by atoms with Crippen LogP contribution in [-0.4, -0.2) is 22.6 Å². The second-order valence-electron chi connectivity index (χ2n) is 4.20. The Kier molecular flexibility index (Phi) is 5.04. The molecule has 0 saturated heterocycles. The van der Waals surface area contributed by atoms with E-state index in [-0.39, 0.29) is 18.7 Å². The number of hydrogen-bond acceptors (Lipinski definition) is 4. The Bertz CT molecular complexity index is 716. The highest BCUT2D eigenvalue weighted by Crippen LogP contribution is 2.12. The Labute approximate surface area is 125 Å². The van der Waals surface area contributed by atoms with Gasteiger partial charge in [0.2, 0.25) is 0 Å². The van der Waals surface area contributed by atoms with Crippen molar-refractivity contribution in [1.82, 2.24) is 10.3 Å². The van der Waals surface area contributed by atoms with E-state index >= 15 is 0 Å². The number of nitrogens with zero attached hydrogens (tertiary/aromatic N) is 1. The van der Waals surface area contributed by atoms with Crippen molar-refractivity contribution in [2.45, 2.75) is 13.5 Å². The van der Waals surface area contributed by atoms with Gasteiger partial charge in [-0.3, -0.25) is 4.79 Å². The van der Waals surface area contributed by atoms with Gasteiger partial charge in [-0.15, -0.1) is 11.3 Å². The van der Waals surface area contributed by atoms with Crippen molar-refractivity contribution in [3.63, 3.8) is 0 Å². The maximum atomic E-state index is 13.9. The average molecular weight is 304 g/mol. The molecule has 0 unspecified atom stereocenters. The first kappa shape index (κ1) is 15.2. The Balaban J connectivity index is 2.05. The molecule has 1 heterocycles. The van der Waals surface area contributed by atoms with Crippen molar-refractivity contribution in [3.05, 3.63) is 51.2 Å². The zero-order chi connectivity index (χ0) is 15.2. The SMILES string of the molecule is Cc1cnc(CNC(=O)c2ccc(C#CCO)cc2F)s1. The fraction of sp³-hybridized carbons (Fsp3) is 0.200. The number of thiazole rings is 1. The summed E-state index contributed by atoms with van der Waals surface area (Å²) in [5, 5.41) is 12.0. The predicted octanol–water partition coefficient (Wildman–Crippen LogP) is 1.86. The van der Waals surface area contributed by atoms with E-state index in [4.69, 9.17) is 5.11 Å². The van der Waals surface area contributed by atoms with E-state index in [0.29, 0.717) is 5.56 Å². The largest absolute Gasteiger partial charge is 0.384 e. The van der Waals surface area contributed by atoms with Crippen LogP contribution < -0.4 is 5.32 Å². The van der Waals surface area contributed by atoms with Crippen molar-refractivity contribution >= 4 is 17.2 Å². The van der Waals surface area contributed by atoms with E-state index < -0.39 is 11.7 Å². The Morgan fingerprint density at radius 1 is 1.52 bits per heavy atom. The van der Waals surface area contributed by atoms with Gasteiger partial charge in [0.25, 0.3) is 5.91 Å². The number of aliphatic hydroxyl groups is 1. The summed E-state index contributed by atoms with van der Waals surface area (Å²) < 4.78 is 13.9. The number of rotatable bonds is 3. The lowest BCUT2D eigenvalue weighted by Crippen LogP contribution is -2.23. The summed E-state index contributed by atoms with van der Waals surface area (Å²) in [6, 6.07) is 4.08. The van der Waals surface area contributed by atoms with Gasteiger partial charge >= 0.3 is 0 Å². The summed E-state index contributed by atoms with van der Waals surface area (Å²) in [7, 11) is 0. The first-order valence-corrected chi connectivity index (χ1v) is 7.00. The van der Waals surface area contributed by atoms with Gasteiger partial charge in [0, 0.05) is 16.6 Å². The van der Waals surface area contributed by atoms with Crippen LogP contribution in [0.25, 0.3) is 0 Å². The van der Waals surface area contributed by atoms with E-state index in [1.54, 1.807) is 6.20 Å². The molecule has 1 amide bonds. The lowest BCUT2D eigenvalue weighted by atomic mass is 10.1. The number of benzene rings is 1. The zero-order valence-corrected chi connectivity index (χ0v) is 12.1. The number of carbonyl (C=O) groups is 1. The Morgan fingerprint density at radius 3 is 2.95 bits per heavy atom. The third-order valence-corrected chi connectivity index (χ3v) is 3.51. The van der Waals surface area contributed by atoms with Gasteiger partial charge < -0.3 is 10.4 Å². The molecule has 0 saturated carbocycles. The zero-order valence-electron chi connectivity index (χ0n) is 11.3. The molecule has 4 nitrogen and oxygen atoms in total. The molecule has 1 aromatic carbocycles. The summed E-state index contributed by atoms with van der Waals surface area (Å²) in [5.41, 5.74) is 0.367. The number of aromatic nitrogens is 1. The molecule has 0 radical (unpaired) electrons. The van der Waals surface area contributed by atoms with E-state index in [1.807, 2.05) is 6.92 Å². The molecule has 21 heavy (non-hydrogen) atoms. The van der Waals surface area contributed by atoms with Crippen LogP contribution in [0.15, 0.2) is 24.4 Å². The lowest BCUT2D eigenvalue weighted by molar-refractivity contribution is 0.0947. The fourth-order valence-corrected chi connectivity index (χ4v) is 2.38. The summed E-state index contributed by atoms with van der Waals surface area (Å²) in [5.74, 6) is 3.86. The highest BCUT2D eigenvalue weighted by atomic mass is 32.1. The van der Waals surface area contributed by atoms with E-state index in [2.05, 4.69) is 22.1 Å². The minimum absolute atomic E-state index is 0.0437. The minimum Gasteiger partial charge on any atom is -0.384 e. The first-order chi connectivity index (χ1) is 10.1. The normalized spacial score (nSPS) is 9.86. The predicted molar refractivity (Wildman–Crippen MR) is 78.4 cm³/mol. The van der Waals surface area contributed by atoms with Crippen LogP contribution in [0.1, 0.15) is 25.8 Å². The molecule has 0 aliphatic rings. The van der Waals surface area contributed by atoms with Gasteiger partial charge in [0.1, 0.15) is 17.4 Å². The highest BCUT2D eigenvalue weighted by molar-refractivity contribution is 7.11. The maximum absolute atomic E-state index is 13.9. The number of aliphatic hydroxyl groups excluding tert-OH is 1. The van der Waals surface area contributed by atoms with Crippen LogP contribution in [0.3, 0.4) is 0 Å². The highest BCUT2D eigenvalue weighted by Gasteiger charge is 2.12. The molecule has 108 valence electrons. The van der Waals surface area contributed by atoms with E-state index in [1.165, 1.54) is 29.5 Å². The molecule has 1 aromatic heterocycles. The van der Waals surface area contributed by atoms with E-state index in [9.17, 15) is 9.18 Å². The number of nitrogens with one attached hydrogen (secondary N) is 1. The van der Waals surface area contributed by atoms with Gasteiger partial charge in [-0.2, -0.15) is 0 Å². The molecule has 6 heteroatoms. The molecule has 0 atom stereocenters. The van der Waals surface area contributed by atoms with Gasteiger partial charge in [-0.25, -0.2) is 9.37 Å². The van der Waals surface area contributed by atoms with Crippen molar-refractivity contribution in [1.29, 1.82) is 0 Å². The second-order valence-corrected chi connectivity index (χ2v) is 5.52. The standard InChI is InChI=1S/C15H13FN2O2S/c1-10-8-17-14(21-10)9-18-15(20)12-5-4-11(3-2-6-19)7-13(12)16/h4-5,7-8,19H,6,9H2,1H3,(H,18,20). The lowest BCUT2D eigenvalue weighted by Gasteiger charge is -2.04. The van der Waals surface area contributed by atoms with Crippen LogP contribution in [0.2, 0.25) is 0 Å². The van der Waals surface area contributed by atoms with Gasteiger partial charge in [-0.05, 0) is 25.1 Å². The monoisotopic (exact) mass is 304 g/mol. The topological polar surface area (TPSA) is 62.2 Å². The molecule has 2 aromatic rings. The van der Waals surface area contributed by atoms with Crippen LogP contribution in [0.5, 0.6) is 0 Å². The van der Waals surface area contributed by atoms with E-state index in [0.717, 1.165) is 9.88 Å². The van der Waals surface area contributed by atoms with Crippen LogP contribution in [0.4, 0.5) is 4.39 Å². The summed E-state index contributed by atoms with van der Waals surface area (Å²) in [6.45, 7) is 1.90. The van der Waals surface area contributed by atoms with Crippen molar-refractivity contribution in [2.75, 3.05) is 6.61 Å². The quantitative estimate of drug-likeness (QED) is 0.851. The third-order valence-electron chi connectivity index (χ3n) is 2.59. The van der Waals surface area contributed by atoms with Crippen molar-refractivity contribution in [3.8, 4) is 11.8 Å². The summed E-state index contributed by atoms with van der Waals surface area (Å²) in [4.78, 5) is 17.1. The molecular weight excluding hydrogens is 291 g/mol. The molecule has 2 N–H and O–H groups in total. The van der Waals surface area contributed by atoms with Crippen molar-refractivity contribution < 1.29 is 14.3 Å².